The Morgan fingerprint density at radius 3 is 2.81 bits per heavy atom. The highest BCUT2D eigenvalue weighted by Crippen LogP contribution is 2.20. The quantitative estimate of drug-likeness (QED) is 0.681. The molecule has 0 saturated heterocycles. The van der Waals surface area contributed by atoms with Crippen LogP contribution in [0.3, 0.4) is 0 Å². The molecule has 0 fully saturated rings. The van der Waals surface area contributed by atoms with E-state index in [9.17, 15) is 4.79 Å². The second-order valence-electron chi connectivity index (χ2n) is 4.75. The normalized spacial score (nSPS) is 10.8. The van der Waals surface area contributed by atoms with Gasteiger partial charge in [0.25, 0.3) is 5.91 Å². The summed E-state index contributed by atoms with van der Waals surface area (Å²) in [5, 5.41) is 5.92. The number of nitrogens with one attached hydrogen (secondary N) is 1. The minimum absolute atomic E-state index is 0.0505. The van der Waals surface area contributed by atoms with E-state index in [-0.39, 0.29) is 12.5 Å². The minimum Gasteiger partial charge on any atom is -0.483 e. The first kappa shape index (κ1) is 15.3. The maximum Gasteiger partial charge on any atom is 0.277 e. The van der Waals surface area contributed by atoms with Crippen molar-refractivity contribution in [2.24, 2.45) is 5.10 Å². The van der Waals surface area contributed by atoms with Crippen LogP contribution in [0.1, 0.15) is 21.6 Å². The van der Waals surface area contributed by atoms with E-state index in [1.807, 2.05) is 50.4 Å². The van der Waals surface area contributed by atoms with Crippen molar-refractivity contribution < 1.29 is 9.53 Å². The standard InChI is InChI=1S/C16H18N2O2S/c1-11-5-4-6-14(13(11)3)20-10-16(19)18-17-9-15-12(2)7-8-21-15/h4-9H,10H2,1-3H3,(H,18,19)/b17-9+. The van der Waals surface area contributed by atoms with Gasteiger partial charge in [-0.05, 0) is 55.0 Å². The van der Waals surface area contributed by atoms with Crippen LogP contribution in [0.2, 0.25) is 0 Å². The maximum atomic E-state index is 11.7. The molecular formula is C16H18N2O2S. The highest BCUT2D eigenvalue weighted by Gasteiger charge is 2.05. The van der Waals surface area contributed by atoms with E-state index in [4.69, 9.17) is 4.74 Å². The van der Waals surface area contributed by atoms with Crippen LogP contribution in [0.5, 0.6) is 5.75 Å². The summed E-state index contributed by atoms with van der Waals surface area (Å²) in [6.07, 6.45) is 1.65. The van der Waals surface area contributed by atoms with Gasteiger partial charge in [0.05, 0.1) is 6.21 Å². The van der Waals surface area contributed by atoms with Gasteiger partial charge in [-0.3, -0.25) is 4.79 Å². The molecule has 0 atom stereocenters. The molecule has 0 aliphatic heterocycles. The second kappa shape index (κ2) is 7.04. The van der Waals surface area contributed by atoms with Crippen LogP contribution in [0.4, 0.5) is 0 Å². The number of nitrogens with zero attached hydrogens (tertiary/aromatic N) is 1. The molecule has 0 spiro atoms. The molecule has 0 bridgehead atoms. The summed E-state index contributed by atoms with van der Waals surface area (Å²) in [4.78, 5) is 12.7. The number of amides is 1. The fraction of sp³-hybridized carbons (Fsp3) is 0.250. The van der Waals surface area contributed by atoms with Gasteiger partial charge in [-0.1, -0.05) is 12.1 Å². The molecule has 4 nitrogen and oxygen atoms in total. The van der Waals surface area contributed by atoms with E-state index in [0.29, 0.717) is 0 Å². The number of carbonyl (C=O) groups excluding carboxylic acids is 1. The van der Waals surface area contributed by atoms with Crippen molar-refractivity contribution in [1.29, 1.82) is 0 Å². The van der Waals surface area contributed by atoms with Gasteiger partial charge in [-0.25, -0.2) is 5.43 Å². The number of ether oxygens (including phenoxy) is 1. The van der Waals surface area contributed by atoms with E-state index in [1.165, 1.54) is 0 Å². The zero-order valence-corrected chi connectivity index (χ0v) is 13.2. The molecule has 1 aromatic heterocycles. The van der Waals surface area contributed by atoms with Crippen molar-refractivity contribution in [3.63, 3.8) is 0 Å². The Labute approximate surface area is 128 Å². The smallest absolute Gasteiger partial charge is 0.277 e. The third kappa shape index (κ3) is 4.16. The Morgan fingerprint density at radius 2 is 2.10 bits per heavy atom. The molecule has 0 aliphatic carbocycles. The Morgan fingerprint density at radius 1 is 1.29 bits per heavy atom. The molecule has 1 heterocycles. The topological polar surface area (TPSA) is 50.7 Å². The monoisotopic (exact) mass is 302 g/mol. The van der Waals surface area contributed by atoms with Crippen LogP contribution >= 0.6 is 11.3 Å². The second-order valence-corrected chi connectivity index (χ2v) is 5.70. The number of rotatable bonds is 5. The average Bonchev–Trinajstić information content (AvgIpc) is 2.86. The number of hydrogen-bond donors (Lipinski definition) is 1. The van der Waals surface area contributed by atoms with Crippen molar-refractivity contribution in [3.05, 3.63) is 51.2 Å². The molecular weight excluding hydrogens is 284 g/mol. The van der Waals surface area contributed by atoms with Gasteiger partial charge in [0.2, 0.25) is 0 Å². The molecule has 5 heteroatoms. The van der Waals surface area contributed by atoms with Crippen LogP contribution in [0, 0.1) is 20.8 Å². The average molecular weight is 302 g/mol. The van der Waals surface area contributed by atoms with Crippen molar-refractivity contribution in [2.75, 3.05) is 6.61 Å². The van der Waals surface area contributed by atoms with Gasteiger partial charge >= 0.3 is 0 Å². The Hall–Kier alpha value is -2.14. The van der Waals surface area contributed by atoms with Crippen LogP contribution in [0.15, 0.2) is 34.7 Å². The lowest BCUT2D eigenvalue weighted by molar-refractivity contribution is -0.123. The maximum absolute atomic E-state index is 11.7. The van der Waals surface area contributed by atoms with Crippen molar-refractivity contribution in [3.8, 4) is 5.75 Å². The molecule has 21 heavy (non-hydrogen) atoms. The van der Waals surface area contributed by atoms with Crippen molar-refractivity contribution in [1.82, 2.24) is 5.43 Å². The zero-order chi connectivity index (χ0) is 15.2. The Bertz CT molecular complexity index is 662. The van der Waals surface area contributed by atoms with Crippen LogP contribution in [0.25, 0.3) is 0 Å². The van der Waals surface area contributed by atoms with Crippen LogP contribution in [-0.2, 0) is 4.79 Å². The third-order valence-electron chi connectivity index (χ3n) is 3.19. The van der Waals surface area contributed by atoms with E-state index < -0.39 is 0 Å². The lowest BCUT2D eigenvalue weighted by Crippen LogP contribution is -2.24. The SMILES string of the molecule is Cc1ccsc1/C=N/NC(=O)COc1cccc(C)c1C. The van der Waals surface area contributed by atoms with E-state index in [2.05, 4.69) is 10.5 Å². The van der Waals surface area contributed by atoms with Crippen LogP contribution in [-0.4, -0.2) is 18.7 Å². The first-order valence-corrected chi connectivity index (χ1v) is 7.51. The predicted molar refractivity (Wildman–Crippen MR) is 86.2 cm³/mol. The van der Waals surface area contributed by atoms with Crippen molar-refractivity contribution in [2.45, 2.75) is 20.8 Å². The predicted octanol–water partition coefficient (Wildman–Crippen LogP) is 3.20. The number of thiophene rings is 1. The fourth-order valence-corrected chi connectivity index (χ4v) is 2.52. The number of carbonyl (C=O) groups is 1. The van der Waals surface area contributed by atoms with E-state index in [1.54, 1.807) is 17.6 Å². The Balaban J connectivity index is 1.84. The summed E-state index contributed by atoms with van der Waals surface area (Å²) >= 11 is 1.58. The number of benzene rings is 1. The van der Waals surface area contributed by atoms with Crippen LogP contribution < -0.4 is 10.2 Å². The first-order valence-electron chi connectivity index (χ1n) is 6.63. The van der Waals surface area contributed by atoms with Gasteiger partial charge in [0, 0.05) is 4.88 Å². The summed E-state index contributed by atoms with van der Waals surface area (Å²) in [6.45, 7) is 5.94. The van der Waals surface area contributed by atoms with Crippen molar-refractivity contribution >= 4 is 23.5 Å². The number of aryl methyl sites for hydroxylation is 2. The molecule has 0 saturated carbocycles. The molecule has 110 valence electrons. The molecule has 0 unspecified atom stereocenters. The van der Waals surface area contributed by atoms with E-state index >= 15 is 0 Å². The highest BCUT2D eigenvalue weighted by molar-refractivity contribution is 7.11. The zero-order valence-electron chi connectivity index (χ0n) is 12.3. The first-order chi connectivity index (χ1) is 10.1. The summed E-state index contributed by atoms with van der Waals surface area (Å²) in [5.41, 5.74) is 5.79. The molecule has 1 aromatic carbocycles. The lowest BCUT2D eigenvalue weighted by Gasteiger charge is -2.09. The summed E-state index contributed by atoms with van der Waals surface area (Å²) in [5.74, 6) is 0.449. The summed E-state index contributed by atoms with van der Waals surface area (Å²) in [7, 11) is 0. The summed E-state index contributed by atoms with van der Waals surface area (Å²) in [6, 6.07) is 7.79. The molecule has 0 radical (unpaired) electrons. The molecule has 1 amide bonds. The largest absolute Gasteiger partial charge is 0.483 e. The van der Waals surface area contributed by atoms with E-state index in [0.717, 1.165) is 27.3 Å². The van der Waals surface area contributed by atoms with Gasteiger partial charge in [-0.15, -0.1) is 11.3 Å². The van der Waals surface area contributed by atoms with Gasteiger partial charge in [-0.2, -0.15) is 5.10 Å². The lowest BCUT2D eigenvalue weighted by atomic mass is 10.1. The molecule has 0 aliphatic rings. The van der Waals surface area contributed by atoms with Gasteiger partial charge in [0.1, 0.15) is 5.75 Å². The highest BCUT2D eigenvalue weighted by atomic mass is 32.1. The Kier molecular flexibility index (Phi) is 5.11. The van der Waals surface area contributed by atoms with Gasteiger partial charge < -0.3 is 4.74 Å². The molecule has 2 aromatic rings. The van der Waals surface area contributed by atoms with Gasteiger partial charge in [0.15, 0.2) is 6.61 Å². The number of hydrazone groups is 1. The summed E-state index contributed by atoms with van der Waals surface area (Å²) < 4.78 is 5.51. The molecule has 2 rings (SSSR count). The fourth-order valence-electron chi connectivity index (χ4n) is 1.74. The molecule has 1 N–H and O–H groups in total. The number of hydrogen-bond acceptors (Lipinski definition) is 4. The third-order valence-corrected chi connectivity index (χ3v) is 4.14. The minimum atomic E-state index is -0.277.